The van der Waals surface area contributed by atoms with Crippen molar-refractivity contribution in [2.24, 2.45) is 0 Å². The van der Waals surface area contributed by atoms with Crippen LogP contribution in [0.25, 0.3) is 6.08 Å². The summed E-state index contributed by atoms with van der Waals surface area (Å²) in [5.41, 5.74) is 2.63. The zero-order valence-electron chi connectivity index (χ0n) is 17.3. The molecule has 2 aromatic carbocycles. The number of nitrogens with zero attached hydrogens (tertiary/aromatic N) is 4. The van der Waals surface area contributed by atoms with Crippen LogP contribution >= 0.6 is 0 Å². The van der Waals surface area contributed by atoms with Gasteiger partial charge in [0.2, 0.25) is 11.8 Å². The van der Waals surface area contributed by atoms with E-state index < -0.39 is 0 Å². The number of piperazine rings is 1. The van der Waals surface area contributed by atoms with Gasteiger partial charge in [-0.1, -0.05) is 36.4 Å². The molecule has 160 valence electrons. The Balaban J connectivity index is 1.45. The first-order chi connectivity index (χ1) is 15.0. The number of hydrogen-bond acceptors (Lipinski definition) is 5. The molecule has 0 aromatic heterocycles. The molecule has 1 atom stereocenters. The average Bonchev–Trinajstić information content (AvgIpc) is 2.79. The lowest BCUT2D eigenvalue weighted by atomic mass is 9.93. The normalized spacial score (nSPS) is 18.0. The van der Waals surface area contributed by atoms with E-state index in [0.717, 1.165) is 11.1 Å². The van der Waals surface area contributed by atoms with Gasteiger partial charge in [-0.2, -0.15) is 0 Å². The monoisotopic (exact) mass is 420 g/mol. The van der Waals surface area contributed by atoms with Crippen LogP contribution in [0.2, 0.25) is 0 Å². The van der Waals surface area contributed by atoms with Gasteiger partial charge in [0.25, 0.3) is 5.69 Å². The van der Waals surface area contributed by atoms with Gasteiger partial charge in [0, 0.05) is 45.4 Å². The minimum atomic E-state index is -0.378. The topological polar surface area (TPSA) is 87.0 Å². The van der Waals surface area contributed by atoms with E-state index in [1.807, 2.05) is 35.2 Å². The number of carbonyl (C=O) groups excluding carboxylic acids is 2. The van der Waals surface area contributed by atoms with Crippen LogP contribution in [0.15, 0.2) is 54.7 Å². The Morgan fingerprint density at radius 2 is 1.71 bits per heavy atom. The molecule has 0 saturated carbocycles. The SMILES string of the molecule is CC(=O)N1C=Cc2ccccc2C1CC(=O)N1CCN(c2ccccc2[N+](=O)[O-])CC1. The van der Waals surface area contributed by atoms with Crippen molar-refractivity contribution >= 4 is 29.3 Å². The Hall–Kier alpha value is -3.68. The van der Waals surface area contributed by atoms with Gasteiger partial charge in [0.15, 0.2) is 0 Å². The molecule has 0 bridgehead atoms. The third-order valence-corrected chi connectivity index (χ3v) is 5.89. The number of benzene rings is 2. The fraction of sp³-hybridized carbons (Fsp3) is 0.304. The van der Waals surface area contributed by atoms with Crippen molar-refractivity contribution in [2.75, 3.05) is 31.1 Å². The van der Waals surface area contributed by atoms with Crippen molar-refractivity contribution in [3.05, 3.63) is 76.0 Å². The molecule has 2 heterocycles. The summed E-state index contributed by atoms with van der Waals surface area (Å²) >= 11 is 0. The Labute approximate surface area is 180 Å². The van der Waals surface area contributed by atoms with Gasteiger partial charge in [0.1, 0.15) is 5.69 Å². The third-order valence-electron chi connectivity index (χ3n) is 5.89. The van der Waals surface area contributed by atoms with Crippen LogP contribution in [-0.2, 0) is 9.59 Å². The van der Waals surface area contributed by atoms with Gasteiger partial charge in [-0.05, 0) is 23.3 Å². The highest BCUT2D eigenvalue weighted by Gasteiger charge is 2.31. The molecule has 0 N–H and O–H groups in total. The van der Waals surface area contributed by atoms with Crippen molar-refractivity contribution in [1.82, 2.24) is 9.80 Å². The van der Waals surface area contributed by atoms with E-state index in [4.69, 9.17) is 0 Å². The zero-order valence-corrected chi connectivity index (χ0v) is 17.3. The highest BCUT2D eigenvalue weighted by Crippen LogP contribution is 2.34. The smallest absolute Gasteiger partial charge is 0.292 e. The zero-order chi connectivity index (χ0) is 22.0. The van der Waals surface area contributed by atoms with E-state index in [9.17, 15) is 19.7 Å². The number of anilines is 1. The molecule has 2 aliphatic heterocycles. The number of hydrogen-bond donors (Lipinski definition) is 0. The molecule has 31 heavy (non-hydrogen) atoms. The molecule has 8 nitrogen and oxygen atoms in total. The van der Waals surface area contributed by atoms with Gasteiger partial charge in [0.05, 0.1) is 17.4 Å². The molecule has 2 amide bonds. The van der Waals surface area contributed by atoms with Crippen LogP contribution in [0.3, 0.4) is 0 Å². The maximum absolute atomic E-state index is 13.1. The van der Waals surface area contributed by atoms with Crippen LogP contribution < -0.4 is 4.90 Å². The predicted octanol–water partition coefficient (Wildman–Crippen LogP) is 3.21. The highest BCUT2D eigenvalue weighted by atomic mass is 16.6. The Morgan fingerprint density at radius 1 is 1.03 bits per heavy atom. The second kappa shape index (κ2) is 8.59. The number of para-hydroxylation sites is 2. The fourth-order valence-corrected chi connectivity index (χ4v) is 4.29. The molecule has 1 saturated heterocycles. The number of nitro benzene ring substituents is 1. The first-order valence-electron chi connectivity index (χ1n) is 10.3. The molecule has 2 aliphatic rings. The number of fused-ring (bicyclic) bond motifs is 1. The van der Waals surface area contributed by atoms with Gasteiger partial charge < -0.3 is 14.7 Å². The maximum atomic E-state index is 13.1. The molecule has 1 fully saturated rings. The molecule has 0 spiro atoms. The molecule has 0 aliphatic carbocycles. The van der Waals surface area contributed by atoms with E-state index in [-0.39, 0.29) is 34.9 Å². The standard InChI is InChI=1S/C23H24N4O4/c1-17(28)26-11-10-18-6-2-3-7-19(18)22(26)16-23(29)25-14-12-24(13-15-25)20-8-4-5-9-21(20)27(30)31/h2-11,22H,12-16H2,1H3. The molecule has 2 aromatic rings. The van der Waals surface area contributed by atoms with Gasteiger partial charge in [-0.25, -0.2) is 0 Å². The summed E-state index contributed by atoms with van der Waals surface area (Å²) in [6.07, 6.45) is 3.84. The number of carbonyl (C=O) groups is 2. The Morgan fingerprint density at radius 3 is 2.42 bits per heavy atom. The largest absolute Gasteiger partial charge is 0.362 e. The summed E-state index contributed by atoms with van der Waals surface area (Å²) in [5.74, 6) is -0.131. The van der Waals surface area contributed by atoms with Crippen molar-refractivity contribution in [1.29, 1.82) is 0 Å². The van der Waals surface area contributed by atoms with Crippen LogP contribution in [0.5, 0.6) is 0 Å². The number of amides is 2. The summed E-state index contributed by atoms with van der Waals surface area (Å²) in [6, 6.07) is 14.1. The first kappa shape index (κ1) is 20.6. The Bertz CT molecular complexity index is 1040. The van der Waals surface area contributed by atoms with Crippen LogP contribution in [-0.4, -0.2) is 52.7 Å². The van der Waals surface area contributed by atoms with Gasteiger partial charge in [-0.15, -0.1) is 0 Å². The lowest BCUT2D eigenvalue weighted by Gasteiger charge is -2.38. The van der Waals surface area contributed by atoms with E-state index in [1.54, 1.807) is 34.2 Å². The van der Waals surface area contributed by atoms with E-state index in [2.05, 4.69) is 0 Å². The third kappa shape index (κ3) is 4.14. The van der Waals surface area contributed by atoms with Gasteiger partial charge >= 0.3 is 0 Å². The highest BCUT2D eigenvalue weighted by molar-refractivity contribution is 5.82. The minimum Gasteiger partial charge on any atom is -0.362 e. The summed E-state index contributed by atoms with van der Waals surface area (Å²) in [5, 5.41) is 11.3. The molecule has 4 rings (SSSR count). The van der Waals surface area contributed by atoms with E-state index in [0.29, 0.717) is 31.9 Å². The number of rotatable bonds is 4. The Kier molecular flexibility index (Phi) is 5.70. The van der Waals surface area contributed by atoms with Crippen molar-refractivity contribution in [2.45, 2.75) is 19.4 Å². The quantitative estimate of drug-likeness (QED) is 0.560. The summed E-state index contributed by atoms with van der Waals surface area (Å²) in [6.45, 7) is 3.51. The summed E-state index contributed by atoms with van der Waals surface area (Å²) < 4.78 is 0. The van der Waals surface area contributed by atoms with E-state index >= 15 is 0 Å². The maximum Gasteiger partial charge on any atom is 0.292 e. The van der Waals surface area contributed by atoms with Crippen molar-refractivity contribution in [3.63, 3.8) is 0 Å². The average molecular weight is 420 g/mol. The van der Waals surface area contributed by atoms with Crippen LogP contribution in [0.4, 0.5) is 11.4 Å². The van der Waals surface area contributed by atoms with Crippen molar-refractivity contribution in [3.8, 4) is 0 Å². The lowest BCUT2D eigenvalue weighted by molar-refractivity contribution is -0.384. The van der Waals surface area contributed by atoms with Gasteiger partial charge in [-0.3, -0.25) is 19.7 Å². The van der Waals surface area contributed by atoms with Crippen LogP contribution in [0.1, 0.15) is 30.5 Å². The molecule has 0 radical (unpaired) electrons. The molecule has 1 unspecified atom stereocenters. The van der Waals surface area contributed by atoms with E-state index in [1.165, 1.54) is 13.0 Å². The molecular weight excluding hydrogens is 396 g/mol. The van der Waals surface area contributed by atoms with Crippen LogP contribution in [0, 0.1) is 10.1 Å². The second-order valence-electron chi connectivity index (χ2n) is 7.70. The van der Waals surface area contributed by atoms with Crippen molar-refractivity contribution < 1.29 is 14.5 Å². The minimum absolute atomic E-state index is 0.0245. The summed E-state index contributed by atoms with van der Waals surface area (Å²) in [4.78, 5) is 41.5. The fourth-order valence-electron chi connectivity index (χ4n) is 4.29. The first-order valence-corrected chi connectivity index (χ1v) is 10.3. The molecule has 8 heteroatoms. The molecular formula is C23H24N4O4. The number of nitro groups is 1. The summed E-state index contributed by atoms with van der Waals surface area (Å²) in [7, 11) is 0. The predicted molar refractivity (Wildman–Crippen MR) is 117 cm³/mol. The lowest BCUT2D eigenvalue weighted by Crippen LogP contribution is -2.49. The second-order valence-corrected chi connectivity index (χ2v) is 7.70.